The van der Waals surface area contributed by atoms with Crippen molar-refractivity contribution in [2.75, 3.05) is 12.3 Å². The number of benzene rings is 1. The molecule has 1 aromatic carbocycles. The summed E-state index contributed by atoms with van der Waals surface area (Å²) in [6.45, 7) is 0.548. The van der Waals surface area contributed by atoms with E-state index in [2.05, 4.69) is 10.4 Å². The van der Waals surface area contributed by atoms with Crippen molar-refractivity contribution in [1.29, 1.82) is 0 Å². The number of nitrogens with zero attached hydrogens (tertiary/aromatic N) is 2. The van der Waals surface area contributed by atoms with E-state index >= 15 is 0 Å². The Balaban J connectivity index is 1.67. The number of halogens is 1. The minimum atomic E-state index is -0.181. The minimum Gasteiger partial charge on any atom is -0.351 e. The molecule has 1 aromatic heterocycles. The molecule has 2 rings (SSSR count). The second kappa shape index (κ2) is 7.09. The Morgan fingerprint density at radius 2 is 2.25 bits per heavy atom. The van der Waals surface area contributed by atoms with Crippen LogP contribution >= 0.6 is 11.8 Å². The van der Waals surface area contributed by atoms with Gasteiger partial charge in [0.25, 0.3) is 5.91 Å². The average Bonchev–Trinajstić information content (AvgIpc) is 2.87. The molecule has 2 aromatic rings. The highest BCUT2D eigenvalue weighted by Crippen LogP contribution is 2.14. The number of nitrogens with one attached hydrogen (secondary N) is 1. The lowest BCUT2D eigenvalue weighted by atomic mass is 10.2. The zero-order chi connectivity index (χ0) is 14.4. The first kappa shape index (κ1) is 14.6. The summed E-state index contributed by atoms with van der Waals surface area (Å²) in [5.74, 6) is 1.03. The van der Waals surface area contributed by atoms with Gasteiger partial charge < -0.3 is 5.32 Å². The molecule has 0 aliphatic heterocycles. The van der Waals surface area contributed by atoms with Gasteiger partial charge in [-0.3, -0.25) is 9.48 Å². The molecule has 20 heavy (non-hydrogen) atoms. The lowest BCUT2D eigenvalue weighted by Crippen LogP contribution is -2.25. The summed E-state index contributed by atoms with van der Waals surface area (Å²) in [5.41, 5.74) is 1.24. The summed E-state index contributed by atoms with van der Waals surface area (Å²) in [4.78, 5) is 11.7. The van der Waals surface area contributed by atoms with E-state index in [0.29, 0.717) is 23.4 Å². The lowest BCUT2D eigenvalue weighted by Gasteiger charge is -2.04. The minimum absolute atomic E-state index is 0.135. The molecule has 0 saturated heterocycles. The van der Waals surface area contributed by atoms with Crippen molar-refractivity contribution in [1.82, 2.24) is 15.1 Å². The number of rotatable bonds is 6. The third kappa shape index (κ3) is 4.09. The lowest BCUT2D eigenvalue weighted by molar-refractivity contribution is 0.0956. The molecule has 0 aliphatic carbocycles. The van der Waals surface area contributed by atoms with Gasteiger partial charge in [0.1, 0.15) is 5.82 Å². The van der Waals surface area contributed by atoms with Gasteiger partial charge in [0, 0.05) is 31.3 Å². The summed E-state index contributed by atoms with van der Waals surface area (Å²) < 4.78 is 14.9. The highest BCUT2D eigenvalue weighted by Gasteiger charge is 2.06. The van der Waals surface area contributed by atoms with Crippen LogP contribution in [-0.4, -0.2) is 28.0 Å². The number of amides is 1. The Labute approximate surface area is 121 Å². The third-order valence-electron chi connectivity index (χ3n) is 2.71. The first-order valence-electron chi connectivity index (χ1n) is 6.25. The molecule has 1 amide bonds. The molecule has 0 fully saturated rings. The van der Waals surface area contributed by atoms with Crippen molar-refractivity contribution in [3.63, 3.8) is 0 Å². The Morgan fingerprint density at radius 3 is 2.95 bits per heavy atom. The van der Waals surface area contributed by atoms with Gasteiger partial charge in [0.15, 0.2) is 0 Å². The molecular formula is C14H16FN3OS. The van der Waals surface area contributed by atoms with Crippen molar-refractivity contribution in [2.45, 2.75) is 5.75 Å². The van der Waals surface area contributed by atoms with E-state index in [4.69, 9.17) is 0 Å². The van der Waals surface area contributed by atoms with Crippen LogP contribution in [0.3, 0.4) is 0 Å². The molecule has 0 unspecified atom stereocenters. The van der Waals surface area contributed by atoms with Crippen LogP contribution in [0.2, 0.25) is 0 Å². The molecule has 6 heteroatoms. The highest BCUT2D eigenvalue weighted by atomic mass is 32.2. The van der Waals surface area contributed by atoms with Gasteiger partial charge in [-0.25, -0.2) is 4.39 Å². The maximum atomic E-state index is 13.4. The number of carbonyl (C=O) groups is 1. The molecule has 0 atom stereocenters. The monoisotopic (exact) mass is 293 g/mol. The Kier molecular flexibility index (Phi) is 5.17. The molecule has 1 N–H and O–H groups in total. The molecule has 4 nitrogen and oxygen atoms in total. The summed E-state index contributed by atoms with van der Waals surface area (Å²) in [5, 5.41) is 6.75. The summed E-state index contributed by atoms with van der Waals surface area (Å²) >= 11 is 1.59. The third-order valence-corrected chi connectivity index (χ3v) is 3.72. The number of hydrogen-bond acceptors (Lipinski definition) is 3. The summed E-state index contributed by atoms with van der Waals surface area (Å²) in [6, 6.07) is 6.73. The van der Waals surface area contributed by atoms with Crippen LogP contribution in [0, 0.1) is 5.82 Å². The molecule has 0 saturated carbocycles. The molecule has 0 radical (unpaired) electrons. The van der Waals surface area contributed by atoms with Crippen LogP contribution in [-0.2, 0) is 12.8 Å². The van der Waals surface area contributed by atoms with Crippen molar-refractivity contribution >= 4 is 17.7 Å². The predicted molar refractivity (Wildman–Crippen MR) is 78.1 cm³/mol. The standard InChI is InChI=1S/C14H16FN3OS/c1-18-9-12(8-17-18)14(19)16-6-7-20-10-11-4-2-3-5-13(11)15/h2-5,8-9H,6-7,10H2,1H3,(H,16,19). The molecule has 106 valence electrons. The number of carbonyl (C=O) groups excluding carboxylic acids is 1. The molecule has 1 heterocycles. The fourth-order valence-corrected chi connectivity index (χ4v) is 2.52. The van der Waals surface area contributed by atoms with Gasteiger partial charge in [-0.1, -0.05) is 18.2 Å². The van der Waals surface area contributed by atoms with Crippen molar-refractivity contribution in [3.05, 3.63) is 53.6 Å². The van der Waals surface area contributed by atoms with Gasteiger partial charge in [0.05, 0.1) is 11.8 Å². The number of aryl methyl sites for hydroxylation is 1. The van der Waals surface area contributed by atoms with Gasteiger partial charge in [-0.15, -0.1) is 0 Å². The second-order valence-corrected chi connectivity index (χ2v) is 5.41. The van der Waals surface area contributed by atoms with E-state index in [1.54, 1.807) is 41.8 Å². The summed E-state index contributed by atoms with van der Waals surface area (Å²) in [6.07, 6.45) is 3.20. The van der Waals surface area contributed by atoms with E-state index in [-0.39, 0.29) is 11.7 Å². The van der Waals surface area contributed by atoms with Crippen LogP contribution in [0.25, 0.3) is 0 Å². The smallest absolute Gasteiger partial charge is 0.254 e. The fourth-order valence-electron chi connectivity index (χ4n) is 1.67. The van der Waals surface area contributed by atoms with Gasteiger partial charge in [-0.05, 0) is 11.6 Å². The SMILES string of the molecule is Cn1cc(C(=O)NCCSCc2ccccc2F)cn1. The zero-order valence-electron chi connectivity index (χ0n) is 11.2. The van der Waals surface area contributed by atoms with Crippen molar-refractivity contribution in [2.24, 2.45) is 7.05 Å². The normalized spacial score (nSPS) is 10.5. The van der Waals surface area contributed by atoms with E-state index in [1.165, 1.54) is 12.3 Å². The van der Waals surface area contributed by atoms with Gasteiger partial charge >= 0.3 is 0 Å². The van der Waals surface area contributed by atoms with E-state index < -0.39 is 0 Å². The maximum Gasteiger partial charge on any atom is 0.254 e. The fraction of sp³-hybridized carbons (Fsp3) is 0.286. The number of thioether (sulfide) groups is 1. The van der Waals surface area contributed by atoms with Gasteiger partial charge in [0.2, 0.25) is 0 Å². The van der Waals surface area contributed by atoms with E-state index in [9.17, 15) is 9.18 Å². The van der Waals surface area contributed by atoms with E-state index in [1.807, 2.05) is 6.07 Å². The van der Waals surface area contributed by atoms with Crippen molar-refractivity contribution < 1.29 is 9.18 Å². The van der Waals surface area contributed by atoms with Crippen LogP contribution in [0.4, 0.5) is 4.39 Å². The van der Waals surface area contributed by atoms with Crippen LogP contribution in [0.15, 0.2) is 36.7 Å². The van der Waals surface area contributed by atoms with E-state index in [0.717, 1.165) is 5.75 Å². The van der Waals surface area contributed by atoms with Crippen LogP contribution in [0.5, 0.6) is 0 Å². The topological polar surface area (TPSA) is 46.9 Å². The molecule has 0 aliphatic rings. The first-order valence-corrected chi connectivity index (χ1v) is 7.40. The van der Waals surface area contributed by atoms with Crippen LogP contribution in [0.1, 0.15) is 15.9 Å². The van der Waals surface area contributed by atoms with Crippen molar-refractivity contribution in [3.8, 4) is 0 Å². The molecule has 0 spiro atoms. The number of hydrogen-bond donors (Lipinski definition) is 1. The summed E-state index contributed by atoms with van der Waals surface area (Å²) in [7, 11) is 1.76. The largest absolute Gasteiger partial charge is 0.351 e. The molecule has 0 bridgehead atoms. The highest BCUT2D eigenvalue weighted by molar-refractivity contribution is 7.98. The zero-order valence-corrected chi connectivity index (χ0v) is 12.0. The van der Waals surface area contributed by atoms with Crippen LogP contribution < -0.4 is 5.32 Å². The number of aromatic nitrogens is 2. The Hall–Kier alpha value is -1.82. The molecular weight excluding hydrogens is 277 g/mol. The first-order chi connectivity index (χ1) is 9.66. The maximum absolute atomic E-state index is 13.4. The quantitative estimate of drug-likeness (QED) is 0.831. The second-order valence-electron chi connectivity index (χ2n) is 4.30. The average molecular weight is 293 g/mol. The Bertz CT molecular complexity index is 585. The Morgan fingerprint density at radius 1 is 1.45 bits per heavy atom. The van der Waals surface area contributed by atoms with Gasteiger partial charge in [-0.2, -0.15) is 16.9 Å². The predicted octanol–water partition coefficient (Wildman–Crippen LogP) is 2.22.